The van der Waals surface area contributed by atoms with E-state index in [9.17, 15) is 0 Å². The van der Waals surface area contributed by atoms with Gasteiger partial charge in [0.05, 0.1) is 6.20 Å². The third-order valence-electron chi connectivity index (χ3n) is 3.08. The first kappa shape index (κ1) is 10.8. The molecule has 88 valence electrons. The lowest BCUT2D eigenvalue weighted by atomic mass is 10.1. The fourth-order valence-corrected chi connectivity index (χ4v) is 2.22. The van der Waals surface area contributed by atoms with Gasteiger partial charge in [-0.15, -0.1) is 0 Å². The van der Waals surface area contributed by atoms with Crippen LogP contribution in [-0.4, -0.2) is 18.1 Å². The zero-order chi connectivity index (χ0) is 11.7. The van der Waals surface area contributed by atoms with Crippen LogP contribution in [0.3, 0.4) is 0 Å². The van der Waals surface area contributed by atoms with Crippen LogP contribution in [0.5, 0.6) is 0 Å². The molecule has 0 aliphatic carbocycles. The number of oxazole rings is 1. The van der Waals surface area contributed by atoms with Crippen molar-refractivity contribution < 1.29 is 4.42 Å². The van der Waals surface area contributed by atoms with Crippen LogP contribution in [0.4, 0.5) is 0 Å². The maximum atomic E-state index is 5.85. The lowest BCUT2D eigenvalue weighted by Gasteiger charge is -2.02. The van der Waals surface area contributed by atoms with Crippen molar-refractivity contribution in [2.75, 3.05) is 13.1 Å². The van der Waals surface area contributed by atoms with Gasteiger partial charge in [-0.05, 0) is 37.2 Å². The Morgan fingerprint density at radius 3 is 2.82 bits per heavy atom. The largest absolute Gasteiger partial charge is 0.441 e. The third kappa shape index (κ3) is 2.21. The van der Waals surface area contributed by atoms with Gasteiger partial charge in [-0.25, -0.2) is 4.98 Å². The first-order valence-electron chi connectivity index (χ1n) is 5.75. The molecule has 0 spiro atoms. The van der Waals surface area contributed by atoms with E-state index >= 15 is 0 Å². The maximum absolute atomic E-state index is 5.85. The molecule has 0 saturated carbocycles. The topological polar surface area (TPSA) is 38.1 Å². The van der Waals surface area contributed by atoms with E-state index in [1.165, 1.54) is 0 Å². The lowest BCUT2D eigenvalue weighted by molar-refractivity contribution is 0.481. The SMILES string of the molecule is Clc1ccc(-c2ncc(C3CCNC3)o2)cc1. The van der Waals surface area contributed by atoms with E-state index in [0.717, 1.165) is 35.9 Å². The van der Waals surface area contributed by atoms with Gasteiger partial charge in [0.15, 0.2) is 0 Å². The van der Waals surface area contributed by atoms with E-state index in [4.69, 9.17) is 16.0 Å². The van der Waals surface area contributed by atoms with Crippen molar-refractivity contribution >= 4 is 11.6 Å². The molecule has 1 fully saturated rings. The molecule has 1 N–H and O–H groups in total. The van der Waals surface area contributed by atoms with Crippen LogP contribution in [0, 0.1) is 0 Å². The fraction of sp³-hybridized carbons (Fsp3) is 0.308. The molecule has 3 nitrogen and oxygen atoms in total. The Balaban J connectivity index is 1.86. The molecular weight excluding hydrogens is 236 g/mol. The molecule has 1 aromatic carbocycles. The zero-order valence-electron chi connectivity index (χ0n) is 9.32. The summed E-state index contributed by atoms with van der Waals surface area (Å²) in [6.45, 7) is 2.04. The normalized spacial score (nSPS) is 19.7. The summed E-state index contributed by atoms with van der Waals surface area (Å²) in [7, 11) is 0. The minimum atomic E-state index is 0.462. The van der Waals surface area contributed by atoms with Gasteiger partial charge in [0.2, 0.25) is 5.89 Å². The Bertz CT molecular complexity index is 500. The molecule has 0 radical (unpaired) electrons. The molecule has 17 heavy (non-hydrogen) atoms. The van der Waals surface area contributed by atoms with Crippen LogP contribution in [0.1, 0.15) is 18.1 Å². The molecule has 1 aliphatic heterocycles. The highest BCUT2D eigenvalue weighted by Gasteiger charge is 2.20. The molecule has 2 aromatic rings. The number of hydrogen-bond acceptors (Lipinski definition) is 3. The monoisotopic (exact) mass is 248 g/mol. The molecule has 4 heteroatoms. The number of rotatable bonds is 2. The molecule has 1 unspecified atom stereocenters. The highest BCUT2D eigenvalue weighted by molar-refractivity contribution is 6.30. The van der Waals surface area contributed by atoms with Gasteiger partial charge in [0, 0.05) is 23.0 Å². The van der Waals surface area contributed by atoms with Crippen molar-refractivity contribution in [3.05, 3.63) is 41.2 Å². The Morgan fingerprint density at radius 1 is 1.29 bits per heavy atom. The van der Waals surface area contributed by atoms with Gasteiger partial charge in [0.1, 0.15) is 5.76 Å². The summed E-state index contributed by atoms with van der Waals surface area (Å²) in [4.78, 5) is 4.32. The van der Waals surface area contributed by atoms with Gasteiger partial charge in [-0.1, -0.05) is 11.6 Å². The molecular formula is C13H13ClN2O. The smallest absolute Gasteiger partial charge is 0.226 e. The van der Waals surface area contributed by atoms with Gasteiger partial charge in [-0.3, -0.25) is 0 Å². The second-order valence-corrected chi connectivity index (χ2v) is 4.70. The van der Waals surface area contributed by atoms with Crippen LogP contribution < -0.4 is 5.32 Å². The number of nitrogens with zero attached hydrogens (tertiary/aromatic N) is 1. The predicted octanol–water partition coefficient (Wildman–Crippen LogP) is 3.07. The second kappa shape index (κ2) is 4.51. The Morgan fingerprint density at radius 2 is 2.12 bits per heavy atom. The number of nitrogens with one attached hydrogen (secondary N) is 1. The summed E-state index contributed by atoms with van der Waals surface area (Å²) < 4.78 is 5.80. The van der Waals surface area contributed by atoms with Crippen molar-refractivity contribution in [2.24, 2.45) is 0 Å². The first-order chi connectivity index (χ1) is 8.33. The lowest BCUT2D eigenvalue weighted by Crippen LogP contribution is -2.07. The summed E-state index contributed by atoms with van der Waals surface area (Å²) in [5.74, 6) is 2.10. The zero-order valence-corrected chi connectivity index (χ0v) is 10.1. The van der Waals surface area contributed by atoms with Crippen molar-refractivity contribution in [3.63, 3.8) is 0 Å². The van der Waals surface area contributed by atoms with Crippen LogP contribution in [0.25, 0.3) is 11.5 Å². The molecule has 1 aromatic heterocycles. The Labute approximate surface area is 105 Å². The van der Waals surface area contributed by atoms with Gasteiger partial charge >= 0.3 is 0 Å². The minimum absolute atomic E-state index is 0.462. The Hall–Kier alpha value is -1.32. The average molecular weight is 249 g/mol. The average Bonchev–Trinajstić information content (AvgIpc) is 3.00. The predicted molar refractivity (Wildman–Crippen MR) is 67.2 cm³/mol. The number of aromatic nitrogens is 1. The van der Waals surface area contributed by atoms with E-state index in [0.29, 0.717) is 11.8 Å². The minimum Gasteiger partial charge on any atom is -0.441 e. The highest BCUT2D eigenvalue weighted by atomic mass is 35.5. The first-order valence-corrected chi connectivity index (χ1v) is 6.13. The summed E-state index contributed by atoms with van der Waals surface area (Å²) in [5.41, 5.74) is 0.964. The van der Waals surface area contributed by atoms with E-state index in [1.807, 2.05) is 30.5 Å². The molecule has 3 rings (SSSR count). The summed E-state index contributed by atoms with van der Waals surface area (Å²) in [6.07, 6.45) is 2.96. The van der Waals surface area contributed by atoms with E-state index in [-0.39, 0.29) is 0 Å². The van der Waals surface area contributed by atoms with Crippen LogP contribution in [0.15, 0.2) is 34.9 Å². The standard InChI is InChI=1S/C13H13ClN2O/c14-11-3-1-9(2-4-11)13-16-8-12(17-13)10-5-6-15-7-10/h1-4,8,10,15H,5-7H2. The van der Waals surface area contributed by atoms with Crippen molar-refractivity contribution in [1.82, 2.24) is 10.3 Å². The molecule has 0 amide bonds. The van der Waals surface area contributed by atoms with Crippen LogP contribution >= 0.6 is 11.6 Å². The molecule has 0 bridgehead atoms. The second-order valence-electron chi connectivity index (χ2n) is 4.26. The molecule has 1 saturated heterocycles. The van der Waals surface area contributed by atoms with Crippen LogP contribution in [-0.2, 0) is 0 Å². The summed E-state index contributed by atoms with van der Waals surface area (Å²) in [5, 5.41) is 4.04. The van der Waals surface area contributed by atoms with Crippen molar-refractivity contribution in [1.29, 1.82) is 0 Å². The van der Waals surface area contributed by atoms with Gasteiger partial charge in [-0.2, -0.15) is 0 Å². The Kier molecular flexibility index (Phi) is 2.87. The van der Waals surface area contributed by atoms with E-state index < -0.39 is 0 Å². The molecule has 2 heterocycles. The third-order valence-corrected chi connectivity index (χ3v) is 3.33. The number of benzene rings is 1. The summed E-state index contributed by atoms with van der Waals surface area (Å²) >= 11 is 5.85. The van der Waals surface area contributed by atoms with Gasteiger partial charge < -0.3 is 9.73 Å². The quantitative estimate of drug-likeness (QED) is 0.888. The number of halogens is 1. The van der Waals surface area contributed by atoms with Crippen molar-refractivity contribution in [3.8, 4) is 11.5 Å². The van der Waals surface area contributed by atoms with E-state index in [2.05, 4.69) is 10.3 Å². The number of hydrogen-bond donors (Lipinski definition) is 1. The van der Waals surface area contributed by atoms with Crippen molar-refractivity contribution in [2.45, 2.75) is 12.3 Å². The fourth-order valence-electron chi connectivity index (χ4n) is 2.10. The van der Waals surface area contributed by atoms with E-state index in [1.54, 1.807) is 0 Å². The maximum Gasteiger partial charge on any atom is 0.226 e. The summed E-state index contributed by atoms with van der Waals surface area (Å²) in [6, 6.07) is 7.53. The highest BCUT2D eigenvalue weighted by Crippen LogP contribution is 2.27. The van der Waals surface area contributed by atoms with Gasteiger partial charge in [0.25, 0.3) is 0 Å². The molecule has 1 aliphatic rings. The van der Waals surface area contributed by atoms with Crippen LogP contribution in [0.2, 0.25) is 5.02 Å². The molecule has 1 atom stereocenters.